The summed E-state index contributed by atoms with van der Waals surface area (Å²) in [6, 6.07) is 19.8. The third-order valence-corrected chi connectivity index (χ3v) is 4.58. The lowest BCUT2D eigenvalue weighted by molar-refractivity contribution is -0.115. The molecule has 1 atom stereocenters. The van der Waals surface area contributed by atoms with Gasteiger partial charge in [-0.3, -0.25) is 10.1 Å². The van der Waals surface area contributed by atoms with Crippen molar-refractivity contribution in [2.24, 2.45) is 0 Å². The van der Waals surface area contributed by atoms with Crippen molar-refractivity contribution in [1.29, 1.82) is 0 Å². The van der Waals surface area contributed by atoms with Crippen LogP contribution in [0.1, 0.15) is 6.92 Å². The topological polar surface area (TPSA) is 55.1 Å². The summed E-state index contributed by atoms with van der Waals surface area (Å²) in [6.45, 7) is 1.85. The number of thioether (sulfide) groups is 1. The molecule has 24 heavy (non-hydrogen) atoms. The van der Waals surface area contributed by atoms with Gasteiger partial charge in [0, 0.05) is 11.1 Å². The molecule has 1 amide bonds. The van der Waals surface area contributed by atoms with Gasteiger partial charge in [-0.25, -0.2) is 0 Å². The Balaban J connectivity index is 2.02. The molecule has 0 bridgehead atoms. The number of anilines is 1. The highest BCUT2D eigenvalue weighted by Gasteiger charge is 2.19. The van der Waals surface area contributed by atoms with Crippen molar-refractivity contribution < 1.29 is 9.21 Å². The maximum Gasteiger partial charge on any atom is 0.302 e. The molecule has 1 unspecified atom stereocenters. The second-order valence-corrected chi connectivity index (χ2v) is 6.47. The number of rotatable bonds is 5. The van der Waals surface area contributed by atoms with Crippen molar-refractivity contribution in [1.82, 2.24) is 4.98 Å². The fourth-order valence-corrected chi connectivity index (χ4v) is 2.54. The van der Waals surface area contributed by atoms with Crippen LogP contribution in [0.3, 0.4) is 0 Å². The molecule has 0 saturated heterocycles. The smallest absolute Gasteiger partial charge is 0.302 e. The summed E-state index contributed by atoms with van der Waals surface area (Å²) in [5.41, 5.74) is 2.58. The molecule has 5 heteroatoms. The molecule has 0 spiro atoms. The monoisotopic (exact) mass is 338 g/mol. The zero-order valence-electron chi connectivity index (χ0n) is 13.5. The van der Waals surface area contributed by atoms with Gasteiger partial charge in [0.05, 0.1) is 5.25 Å². The van der Waals surface area contributed by atoms with Crippen LogP contribution in [-0.2, 0) is 4.79 Å². The van der Waals surface area contributed by atoms with Gasteiger partial charge in [-0.1, -0.05) is 60.7 Å². The van der Waals surface area contributed by atoms with E-state index >= 15 is 0 Å². The van der Waals surface area contributed by atoms with E-state index in [-0.39, 0.29) is 17.2 Å². The lowest BCUT2D eigenvalue weighted by atomic mass is 10.1. The van der Waals surface area contributed by atoms with Crippen LogP contribution in [0.15, 0.2) is 65.1 Å². The first-order valence-electron chi connectivity index (χ1n) is 7.64. The largest absolute Gasteiger partial charge is 0.423 e. The Morgan fingerprint density at radius 3 is 2.21 bits per heavy atom. The molecule has 122 valence electrons. The normalized spacial score (nSPS) is 11.9. The van der Waals surface area contributed by atoms with Crippen LogP contribution in [0.25, 0.3) is 22.6 Å². The molecule has 0 aliphatic heterocycles. The Hall–Kier alpha value is -2.53. The number of nitrogens with zero attached hydrogens (tertiary/aromatic N) is 1. The van der Waals surface area contributed by atoms with Crippen molar-refractivity contribution in [3.8, 4) is 22.6 Å². The maximum absolute atomic E-state index is 12.1. The molecule has 0 radical (unpaired) electrons. The van der Waals surface area contributed by atoms with Crippen LogP contribution in [0.5, 0.6) is 0 Å². The van der Waals surface area contributed by atoms with Crippen molar-refractivity contribution >= 4 is 23.7 Å². The van der Waals surface area contributed by atoms with Crippen molar-refractivity contribution in [3.63, 3.8) is 0 Å². The lowest BCUT2D eigenvalue weighted by Crippen LogP contribution is -2.22. The average molecular weight is 338 g/mol. The van der Waals surface area contributed by atoms with E-state index < -0.39 is 0 Å². The molecule has 1 aromatic heterocycles. The Labute approximate surface area is 145 Å². The average Bonchev–Trinajstić information content (AvgIpc) is 3.06. The summed E-state index contributed by atoms with van der Waals surface area (Å²) in [4.78, 5) is 16.6. The summed E-state index contributed by atoms with van der Waals surface area (Å²) in [5.74, 6) is 0.525. The number of carbonyl (C=O) groups is 1. The van der Waals surface area contributed by atoms with E-state index in [0.29, 0.717) is 11.5 Å². The first-order chi connectivity index (χ1) is 11.7. The fourth-order valence-electron chi connectivity index (χ4n) is 2.26. The van der Waals surface area contributed by atoms with E-state index in [2.05, 4.69) is 10.3 Å². The number of hydrogen-bond acceptors (Lipinski definition) is 4. The zero-order chi connectivity index (χ0) is 16.9. The predicted octanol–water partition coefficient (Wildman–Crippen LogP) is 4.70. The lowest BCUT2D eigenvalue weighted by Gasteiger charge is -2.05. The highest BCUT2D eigenvalue weighted by Crippen LogP contribution is 2.34. The van der Waals surface area contributed by atoms with Crippen LogP contribution in [0.2, 0.25) is 0 Å². The molecule has 1 heterocycles. The second kappa shape index (κ2) is 7.36. The Morgan fingerprint density at radius 1 is 1.04 bits per heavy atom. The van der Waals surface area contributed by atoms with Gasteiger partial charge in [-0.15, -0.1) is 0 Å². The van der Waals surface area contributed by atoms with Gasteiger partial charge in [0.15, 0.2) is 5.76 Å². The molecule has 0 aliphatic carbocycles. The first kappa shape index (κ1) is 16.3. The number of amides is 1. The molecule has 1 N–H and O–H groups in total. The Morgan fingerprint density at radius 2 is 1.62 bits per heavy atom. The first-order valence-corrected chi connectivity index (χ1v) is 8.93. The van der Waals surface area contributed by atoms with Gasteiger partial charge in [-0.05, 0) is 13.2 Å². The maximum atomic E-state index is 12.1. The van der Waals surface area contributed by atoms with Crippen LogP contribution in [0.4, 0.5) is 6.01 Å². The minimum Gasteiger partial charge on any atom is -0.423 e. The molecule has 4 nitrogen and oxygen atoms in total. The summed E-state index contributed by atoms with van der Waals surface area (Å²) in [5, 5.41) is 2.59. The number of oxazole rings is 1. The SMILES string of the molecule is CSC(C)C(=O)Nc1nc(-c2ccccc2)c(-c2ccccc2)o1. The van der Waals surface area contributed by atoms with Gasteiger partial charge in [0.1, 0.15) is 5.69 Å². The fraction of sp³-hybridized carbons (Fsp3) is 0.158. The van der Waals surface area contributed by atoms with E-state index in [1.807, 2.05) is 73.8 Å². The quantitative estimate of drug-likeness (QED) is 0.733. The van der Waals surface area contributed by atoms with E-state index in [1.165, 1.54) is 11.8 Å². The highest BCUT2D eigenvalue weighted by atomic mass is 32.2. The van der Waals surface area contributed by atoms with E-state index in [1.54, 1.807) is 0 Å². The molecule has 0 aliphatic rings. The summed E-state index contributed by atoms with van der Waals surface area (Å²) in [6.07, 6.45) is 1.89. The van der Waals surface area contributed by atoms with Gasteiger partial charge in [0.25, 0.3) is 0 Å². The molecule has 0 fully saturated rings. The zero-order valence-corrected chi connectivity index (χ0v) is 14.3. The second-order valence-electron chi connectivity index (χ2n) is 5.30. The van der Waals surface area contributed by atoms with E-state index in [0.717, 1.165) is 11.1 Å². The van der Waals surface area contributed by atoms with E-state index in [4.69, 9.17) is 4.42 Å². The van der Waals surface area contributed by atoms with Gasteiger partial charge in [-0.2, -0.15) is 16.7 Å². The molecule has 0 saturated carbocycles. The van der Waals surface area contributed by atoms with Crippen molar-refractivity contribution in [3.05, 3.63) is 60.7 Å². The molecule has 2 aromatic carbocycles. The molecule has 3 aromatic rings. The number of aromatic nitrogens is 1. The Kier molecular flexibility index (Phi) is 5.01. The molecule has 3 rings (SSSR count). The third-order valence-electron chi connectivity index (χ3n) is 3.66. The van der Waals surface area contributed by atoms with Gasteiger partial charge in [0.2, 0.25) is 5.91 Å². The van der Waals surface area contributed by atoms with E-state index in [9.17, 15) is 4.79 Å². The van der Waals surface area contributed by atoms with Gasteiger partial charge >= 0.3 is 6.01 Å². The van der Waals surface area contributed by atoms with Gasteiger partial charge < -0.3 is 4.42 Å². The predicted molar refractivity (Wildman–Crippen MR) is 99.0 cm³/mol. The van der Waals surface area contributed by atoms with Crippen molar-refractivity contribution in [2.45, 2.75) is 12.2 Å². The van der Waals surface area contributed by atoms with Crippen LogP contribution in [-0.4, -0.2) is 22.4 Å². The number of nitrogens with one attached hydrogen (secondary N) is 1. The Bertz CT molecular complexity index is 759. The number of benzene rings is 2. The summed E-state index contributed by atoms with van der Waals surface area (Å²) < 4.78 is 5.87. The molecular formula is C19H18N2O2S. The highest BCUT2D eigenvalue weighted by molar-refractivity contribution is 7.99. The summed E-state index contributed by atoms with van der Waals surface area (Å²) >= 11 is 1.47. The third kappa shape index (κ3) is 3.51. The minimum atomic E-state index is -0.169. The minimum absolute atomic E-state index is 0.122. The summed E-state index contributed by atoms with van der Waals surface area (Å²) in [7, 11) is 0. The standard InChI is InChI=1S/C19H18N2O2S/c1-13(24-2)18(22)21-19-20-16(14-9-5-3-6-10-14)17(23-19)15-11-7-4-8-12-15/h3-13H,1-2H3,(H,20,21,22). The number of hydrogen-bond donors (Lipinski definition) is 1. The van der Waals surface area contributed by atoms with Crippen LogP contribution in [0, 0.1) is 0 Å². The number of carbonyl (C=O) groups excluding carboxylic acids is 1. The van der Waals surface area contributed by atoms with Crippen molar-refractivity contribution in [2.75, 3.05) is 11.6 Å². The molecular weight excluding hydrogens is 320 g/mol. The van der Waals surface area contributed by atoms with Crippen LogP contribution >= 0.6 is 11.8 Å². The van der Waals surface area contributed by atoms with Crippen LogP contribution < -0.4 is 5.32 Å².